The molecule has 154 valence electrons. The van der Waals surface area contributed by atoms with E-state index in [1.54, 1.807) is 6.21 Å². The molecule has 0 unspecified atom stereocenters. The van der Waals surface area contributed by atoms with Gasteiger partial charge in [-0.3, -0.25) is 0 Å². The fraction of sp³-hybridized carbons (Fsp3) is 0.208. The normalized spacial score (nSPS) is 15.5. The Morgan fingerprint density at radius 3 is 2.67 bits per heavy atom. The summed E-state index contributed by atoms with van der Waals surface area (Å²) in [6, 6.07) is 19.9. The van der Waals surface area contributed by atoms with E-state index in [0.29, 0.717) is 23.5 Å². The average molecular weight is 407 g/mol. The van der Waals surface area contributed by atoms with Crippen LogP contribution in [0.2, 0.25) is 0 Å². The van der Waals surface area contributed by atoms with Crippen molar-refractivity contribution < 1.29 is 23.4 Å². The van der Waals surface area contributed by atoms with Gasteiger partial charge in [0.25, 0.3) is 0 Å². The molecule has 0 amide bonds. The molecule has 1 aliphatic rings. The summed E-state index contributed by atoms with van der Waals surface area (Å²) in [4.78, 5) is 5.41. The summed E-state index contributed by atoms with van der Waals surface area (Å²) in [7, 11) is 0. The molecule has 4 rings (SSSR count). The first-order valence-electron chi connectivity index (χ1n) is 9.75. The lowest BCUT2D eigenvalue weighted by Crippen LogP contribution is -2.19. The zero-order chi connectivity index (χ0) is 20.8. The maximum atomic E-state index is 14.0. The summed E-state index contributed by atoms with van der Waals surface area (Å²) < 4.78 is 31.2. The van der Waals surface area contributed by atoms with E-state index in [4.69, 9.17) is 19.0 Å². The van der Waals surface area contributed by atoms with Gasteiger partial charge < -0.3 is 19.0 Å². The van der Waals surface area contributed by atoms with Gasteiger partial charge in [0, 0.05) is 16.7 Å². The Bertz CT molecular complexity index is 1010. The molecule has 0 fully saturated rings. The molecular formula is C24H22FNO4. The molecule has 0 aliphatic carbocycles. The summed E-state index contributed by atoms with van der Waals surface area (Å²) in [6.45, 7) is 2.89. The van der Waals surface area contributed by atoms with Crippen molar-refractivity contribution in [1.29, 1.82) is 0 Å². The highest BCUT2D eigenvalue weighted by molar-refractivity contribution is 5.79. The quantitative estimate of drug-likeness (QED) is 0.390. The van der Waals surface area contributed by atoms with E-state index >= 15 is 0 Å². The lowest BCUT2D eigenvalue weighted by Gasteiger charge is -2.28. The van der Waals surface area contributed by atoms with Crippen molar-refractivity contribution >= 4 is 6.21 Å². The van der Waals surface area contributed by atoms with Gasteiger partial charge in [-0.15, -0.1) is 0 Å². The molecule has 0 aromatic heterocycles. The molecule has 0 radical (unpaired) electrons. The Labute approximate surface area is 174 Å². The topological polar surface area (TPSA) is 49.3 Å². The van der Waals surface area contributed by atoms with Crippen molar-refractivity contribution in [2.45, 2.75) is 26.4 Å². The van der Waals surface area contributed by atoms with Gasteiger partial charge in [0.2, 0.25) is 6.29 Å². The predicted octanol–water partition coefficient (Wildman–Crippen LogP) is 5.38. The molecule has 0 spiro atoms. The molecule has 0 N–H and O–H groups in total. The Hall–Kier alpha value is -3.38. The molecule has 30 heavy (non-hydrogen) atoms. The maximum Gasteiger partial charge on any atom is 0.227 e. The minimum Gasteiger partial charge on any atom is -0.494 e. The number of nitrogens with zero attached hydrogens (tertiary/aromatic N) is 1. The van der Waals surface area contributed by atoms with Crippen LogP contribution < -0.4 is 9.47 Å². The molecule has 5 nitrogen and oxygen atoms in total. The first-order valence-corrected chi connectivity index (χ1v) is 9.75. The number of halogens is 1. The van der Waals surface area contributed by atoms with Crippen LogP contribution in [-0.4, -0.2) is 12.8 Å². The zero-order valence-corrected chi connectivity index (χ0v) is 16.6. The van der Waals surface area contributed by atoms with Crippen LogP contribution in [-0.2, 0) is 22.8 Å². The number of hydrogen-bond acceptors (Lipinski definition) is 5. The molecular weight excluding hydrogens is 385 g/mol. The summed E-state index contributed by atoms with van der Waals surface area (Å²) in [5.41, 5.74) is 3.00. The Morgan fingerprint density at radius 2 is 1.90 bits per heavy atom. The third-order valence-electron chi connectivity index (χ3n) is 4.58. The number of ether oxygens (including phenoxy) is 3. The molecule has 1 aliphatic heterocycles. The minimum atomic E-state index is -0.546. The number of fused-ring (bicyclic) bond motifs is 1. The second kappa shape index (κ2) is 9.41. The largest absolute Gasteiger partial charge is 0.494 e. The van der Waals surface area contributed by atoms with Gasteiger partial charge in [-0.2, -0.15) is 0 Å². The minimum absolute atomic E-state index is 0.0785. The van der Waals surface area contributed by atoms with E-state index in [-0.39, 0.29) is 19.0 Å². The van der Waals surface area contributed by atoms with Crippen LogP contribution >= 0.6 is 0 Å². The Morgan fingerprint density at radius 1 is 1.10 bits per heavy atom. The lowest BCUT2D eigenvalue weighted by molar-refractivity contribution is -0.112. The van der Waals surface area contributed by atoms with Crippen molar-refractivity contribution in [3.05, 3.63) is 94.8 Å². The number of rotatable bonds is 7. The van der Waals surface area contributed by atoms with E-state index in [1.807, 2.05) is 61.5 Å². The van der Waals surface area contributed by atoms with Crippen molar-refractivity contribution in [3.8, 4) is 11.5 Å². The molecule has 3 aromatic carbocycles. The van der Waals surface area contributed by atoms with Crippen molar-refractivity contribution in [1.82, 2.24) is 0 Å². The SMILES string of the molecule is CCOc1ccc(/C=N\OCc2cc(F)cc3c2O[C@@H](c2ccccc2)OC3)cc1. The summed E-state index contributed by atoms with van der Waals surface area (Å²) in [5, 5.41) is 3.99. The Balaban J connectivity index is 1.44. The van der Waals surface area contributed by atoms with E-state index in [2.05, 4.69) is 5.16 Å². The van der Waals surface area contributed by atoms with Crippen molar-refractivity contribution in [2.24, 2.45) is 5.16 Å². The maximum absolute atomic E-state index is 14.0. The van der Waals surface area contributed by atoms with Crippen LogP contribution in [0.4, 0.5) is 4.39 Å². The van der Waals surface area contributed by atoms with Crippen molar-refractivity contribution in [2.75, 3.05) is 6.61 Å². The first kappa shape index (κ1) is 19.9. The smallest absolute Gasteiger partial charge is 0.227 e. The van der Waals surface area contributed by atoms with Crippen LogP contribution in [0.3, 0.4) is 0 Å². The summed E-state index contributed by atoms with van der Waals surface area (Å²) in [6.07, 6.45) is 1.05. The Kier molecular flexibility index (Phi) is 6.25. The summed E-state index contributed by atoms with van der Waals surface area (Å²) in [5.74, 6) is 1.01. The molecule has 0 bridgehead atoms. The third kappa shape index (κ3) is 4.78. The highest BCUT2D eigenvalue weighted by Gasteiger charge is 2.25. The van der Waals surface area contributed by atoms with Gasteiger partial charge in [0.05, 0.1) is 19.4 Å². The molecule has 0 saturated carbocycles. The second-order valence-electron chi connectivity index (χ2n) is 6.73. The molecule has 1 heterocycles. The second-order valence-corrected chi connectivity index (χ2v) is 6.73. The van der Waals surface area contributed by atoms with Crippen molar-refractivity contribution in [3.63, 3.8) is 0 Å². The lowest BCUT2D eigenvalue weighted by atomic mass is 10.1. The number of oxime groups is 1. The number of benzene rings is 3. The van der Waals surface area contributed by atoms with Gasteiger partial charge in [0.1, 0.15) is 23.9 Å². The third-order valence-corrected chi connectivity index (χ3v) is 4.58. The fourth-order valence-electron chi connectivity index (χ4n) is 3.18. The van der Waals surface area contributed by atoms with Gasteiger partial charge >= 0.3 is 0 Å². The van der Waals surface area contributed by atoms with Crippen LogP contribution in [0.15, 0.2) is 71.9 Å². The average Bonchev–Trinajstić information content (AvgIpc) is 2.78. The first-order chi connectivity index (χ1) is 14.7. The van der Waals surface area contributed by atoms with Crippen LogP contribution in [0.25, 0.3) is 0 Å². The predicted molar refractivity (Wildman–Crippen MR) is 111 cm³/mol. The van der Waals surface area contributed by atoms with Crippen LogP contribution in [0, 0.1) is 5.82 Å². The fourth-order valence-corrected chi connectivity index (χ4v) is 3.18. The van der Waals surface area contributed by atoms with Gasteiger partial charge in [-0.25, -0.2) is 4.39 Å². The van der Waals surface area contributed by atoms with Crippen LogP contribution in [0.1, 0.15) is 35.5 Å². The van der Waals surface area contributed by atoms with E-state index in [9.17, 15) is 4.39 Å². The van der Waals surface area contributed by atoms with Gasteiger partial charge in [0.15, 0.2) is 0 Å². The van der Waals surface area contributed by atoms with E-state index < -0.39 is 6.29 Å². The highest BCUT2D eigenvalue weighted by Crippen LogP contribution is 2.36. The highest BCUT2D eigenvalue weighted by atomic mass is 19.1. The molecule has 1 atom stereocenters. The van der Waals surface area contributed by atoms with E-state index in [1.165, 1.54) is 12.1 Å². The summed E-state index contributed by atoms with van der Waals surface area (Å²) >= 11 is 0. The molecule has 0 saturated heterocycles. The molecule has 6 heteroatoms. The van der Waals surface area contributed by atoms with E-state index in [0.717, 1.165) is 16.9 Å². The molecule has 3 aromatic rings. The standard InChI is InChI=1S/C24H22FNO4/c1-2-27-22-10-8-17(9-11-22)14-26-29-16-20-13-21(25)12-19-15-28-24(30-23(19)20)18-6-4-3-5-7-18/h3-14,24H,2,15-16H2,1H3/b26-14-/t24-/m0/s1. The van der Waals surface area contributed by atoms with Crippen LogP contribution in [0.5, 0.6) is 11.5 Å². The van der Waals surface area contributed by atoms with Gasteiger partial charge in [-0.05, 0) is 48.9 Å². The van der Waals surface area contributed by atoms with Gasteiger partial charge in [-0.1, -0.05) is 35.5 Å². The number of hydrogen-bond donors (Lipinski definition) is 0. The zero-order valence-electron chi connectivity index (χ0n) is 16.6. The monoisotopic (exact) mass is 407 g/mol.